The number of sulfonamides is 2. The average molecular weight is 608 g/mol. The largest absolute Gasteiger partial charge is 0.283 e. The van der Waals surface area contributed by atoms with Crippen LogP contribution in [0.4, 0.5) is 0 Å². The van der Waals surface area contributed by atoms with Crippen molar-refractivity contribution < 1.29 is 16.8 Å². The van der Waals surface area contributed by atoms with E-state index < -0.39 is 51.6 Å². The maximum Gasteiger partial charge on any atom is 0.283 e. The summed E-state index contributed by atoms with van der Waals surface area (Å²) in [5.74, 6) is 0. The first-order valence-electron chi connectivity index (χ1n) is 10.5. The van der Waals surface area contributed by atoms with Crippen LogP contribution in [-0.2, 0) is 20.0 Å². The summed E-state index contributed by atoms with van der Waals surface area (Å²) in [6.45, 7) is 10.3. The molecular formula is C24H22Cl4N2O4S2. The number of nitrogens with zero attached hydrogens (tertiary/aromatic N) is 2. The van der Waals surface area contributed by atoms with Gasteiger partial charge in [0.2, 0.25) is 0 Å². The standard InChI is InChI=1S/C24H22Cl4N2O4S2/c1-11-7-13(3)23(14(4)8-11)35(31,32)29-21-17(25)19(27)22(20(28)18(21)26)30-36(33,34)24-15(5)9-12(2)10-16(24)6/h7-10H,1-6H3. The average Bonchev–Trinajstić information content (AvgIpc) is 2.71. The summed E-state index contributed by atoms with van der Waals surface area (Å²) < 4.78 is 60.4. The minimum absolute atomic E-state index is 0.00542. The van der Waals surface area contributed by atoms with Crippen molar-refractivity contribution in [2.45, 2.75) is 51.3 Å². The van der Waals surface area contributed by atoms with Gasteiger partial charge in [0.25, 0.3) is 20.0 Å². The zero-order chi connectivity index (χ0) is 27.3. The summed E-state index contributed by atoms with van der Waals surface area (Å²) in [6, 6.07) is 6.84. The van der Waals surface area contributed by atoms with E-state index in [1.54, 1.807) is 52.0 Å². The van der Waals surface area contributed by atoms with Gasteiger partial charge in [-0.25, -0.2) is 0 Å². The van der Waals surface area contributed by atoms with Gasteiger partial charge in [-0.1, -0.05) is 81.8 Å². The Morgan fingerprint density at radius 3 is 0.944 bits per heavy atom. The molecule has 0 saturated heterocycles. The normalized spacial score (nSPS) is 15.1. The van der Waals surface area contributed by atoms with Crippen LogP contribution in [0.5, 0.6) is 0 Å². The lowest BCUT2D eigenvalue weighted by molar-refractivity contribution is 0.595. The Kier molecular flexibility index (Phi) is 8.21. The van der Waals surface area contributed by atoms with E-state index >= 15 is 0 Å². The Hall–Kier alpha value is -1.68. The lowest BCUT2D eigenvalue weighted by atomic mass is 10.1. The van der Waals surface area contributed by atoms with Gasteiger partial charge in [-0.15, -0.1) is 0 Å². The smallest absolute Gasteiger partial charge is 0.199 e. The molecule has 0 radical (unpaired) electrons. The van der Waals surface area contributed by atoms with Crippen LogP contribution in [0.2, 0.25) is 0 Å². The molecule has 0 fully saturated rings. The fraction of sp³-hybridized carbons (Fsp3) is 0.250. The van der Waals surface area contributed by atoms with Crippen molar-refractivity contribution in [1.29, 1.82) is 0 Å². The van der Waals surface area contributed by atoms with Crippen molar-refractivity contribution in [1.82, 2.24) is 0 Å². The third kappa shape index (κ3) is 5.44. The topological polar surface area (TPSA) is 93.0 Å². The monoisotopic (exact) mass is 606 g/mol. The van der Waals surface area contributed by atoms with Gasteiger partial charge >= 0.3 is 0 Å². The van der Waals surface area contributed by atoms with Crippen LogP contribution >= 0.6 is 46.4 Å². The summed E-state index contributed by atoms with van der Waals surface area (Å²) in [7, 11) is -8.57. The number of hydrogen-bond acceptors (Lipinski definition) is 4. The van der Waals surface area contributed by atoms with Crippen molar-refractivity contribution in [3.05, 3.63) is 77.8 Å². The van der Waals surface area contributed by atoms with Crippen LogP contribution in [0.3, 0.4) is 0 Å². The second kappa shape index (κ2) is 10.2. The van der Waals surface area contributed by atoms with E-state index in [2.05, 4.69) is 8.80 Å². The van der Waals surface area contributed by atoms with Gasteiger partial charge in [0.1, 0.15) is 11.4 Å². The summed E-state index contributed by atoms with van der Waals surface area (Å²) in [6.07, 6.45) is 0. The van der Waals surface area contributed by atoms with Crippen LogP contribution < -0.4 is 0 Å². The van der Waals surface area contributed by atoms with Gasteiger partial charge in [-0.3, -0.25) is 0 Å². The number of halogens is 4. The number of allylic oxidation sites excluding steroid dienone is 4. The van der Waals surface area contributed by atoms with Gasteiger partial charge in [0.15, 0.2) is 0 Å². The third-order valence-corrected chi connectivity index (χ3v) is 10.2. The molecule has 2 aromatic carbocycles. The van der Waals surface area contributed by atoms with E-state index in [0.717, 1.165) is 11.1 Å². The molecule has 12 heteroatoms. The highest BCUT2D eigenvalue weighted by Crippen LogP contribution is 2.37. The highest BCUT2D eigenvalue weighted by atomic mass is 35.5. The minimum Gasteiger partial charge on any atom is -0.199 e. The van der Waals surface area contributed by atoms with Crippen LogP contribution in [0.25, 0.3) is 0 Å². The molecule has 192 valence electrons. The summed E-state index contributed by atoms with van der Waals surface area (Å²) in [5.41, 5.74) is 2.90. The molecule has 0 spiro atoms. The van der Waals surface area contributed by atoms with Crippen LogP contribution in [0.15, 0.2) is 63.0 Å². The molecule has 1 aliphatic rings. The zero-order valence-corrected chi connectivity index (χ0v) is 24.8. The molecule has 0 aromatic heterocycles. The van der Waals surface area contributed by atoms with Gasteiger partial charge in [-0.05, 0) is 63.8 Å². The molecule has 3 rings (SSSR count). The van der Waals surface area contributed by atoms with E-state index in [-0.39, 0.29) is 9.79 Å². The highest BCUT2D eigenvalue weighted by molar-refractivity contribution is 7.90. The predicted molar refractivity (Wildman–Crippen MR) is 148 cm³/mol. The van der Waals surface area contributed by atoms with Crippen LogP contribution in [0, 0.1) is 41.5 Å². The summed E-state index contributed by atoms with van der Waals surface area (Å²) >= 11 is 25.4. The Labute approximate surface area is 231 Å². The van der Waals surface area contributed by atoms with E-state index in [0.29, 0.717) is 22.3 Å². The van der Waals surface area contributed by atoms with Crippen molar-refractivity contribution >= 4 is 77.9 Å². The zero-order valence-electron chi connectivity index (χ0n) is 20.2. The number of rotatable bonds is 4. The Morgan fingerprint density at radius 2 is 0.722 bits per heavy atom. The number of hydrogen-bond donors (Lipinski definition) is 0. The van der Waals surface area contributed by atoms with Crippen LogP contribution in [0.1, 0.15) is 33.4 Å². The molecule has 1 aliphatic carbocycles. The molecular weight excluding hydrogens is 586 g/mol. The van der Waals surface area contributed by atoms with Gasteiger partial charge in [0, 0.05) is 0 Å². The molecule has 2 aromatic rings. The number of aryl methyl sites for hydroxylation is 6. The third-order valence-electron chi connectivity index (χ3n) is 5.37. The van der Waals surface area contributed by atoms with Crippen molar-refractivity contribution in [3.63, 3.8) is 0 Å². The van der Waals surface area contributed by atoms with E-state index in [1.165, 1.54) is 0 Å². The molecule has 0 amide bonds. The summed E-state index contributed by atoms with van der Waals surface area (Å²) in [4.78, 5) is -0.0108. The van der Waals surface area contributed by atoms with Gasteiger partial charge in [0.05, 0.1) is 29.9 Å². The van der Waals surface area contributed by atoms with E-state index in [4.69, 9.17) is 46.4 Å². The molecule has 0 atom stereocenters. The minimum atomic E-state index is -4.29. The molecule has 6 nitrogen and oxygen atoms in total. The molecule has 36 heavy (non-hydrogen) atoms. The number of benzene rings is 2. The second-order valence-corrected chi connectivity index (χ2v) is 13.1. The quantitative estimate of drug-likeness (QED) is 0.354. The van der Waals surface area contributed by atoms with Crippen molar-refractivity contribution in [3.8, 4) is 0 Å². The molecule has 0 heterocycles. The van der Waals surface area contributed by atoms with E-state index in [1.807, 2.05) is 13.8 Å². The molecule has 0 unspecified atom stereocenters. The first kappa shape index (κ1) is 28.9. The molecule has 0 bridgehead atoms. The lowest BCUT2D eigenvalue weighted by Gasteiger charge is -2.18. The Morgan fingerprint density at radius 1 is 0.500 bits per heavy atom. The summed E-state index contributed by atoms with van der Waals surface area (Å²) in [5, 5.41) is -1.60. The first-order valence-corrected chi connectivity index (χ1v) is 14.8. The predicted octanol–water partition coefficient (Wildman–Crippen LogP) is 6.89. The maximum atomic E-state index is 13.2. The SMILES string of the molecule is Cc1cc(C)c(S(=O)(=O)N=C2C(Cl)=C(Cl)C(=NS(=O)(=O)c3c(C)cc(C)cc3C)C(Cl)=C2Cl)c(C)c1. The van der Waals surface area contributed by atoms with Gasteiger partial charge in [-0.2, -0.15) is 25.6 Å². The lowest BCUT2D eigenvalue weighted by Crippen LogP contribution is -2.19. The highest BCUT2D eigenvalue weighted by Gasteiger charge is 2.33. The Balaban J connectivity index is 2.21. The van der Waals surface area contributed by atoms with E-state index in [9.17, 15) is 16.8 Å². The maximum absolute atomic E-state index is 13.2. The molecule has 0 aliphatic heterocycles. The Bertz CT molecular complexity index is 1460. The van der Waals surface area contributed by atoms with Crippen molar-refractivity contribution in [2.24, 2.45) is 8.80 Å². The van der Waals surface area contributed by atoms with Crippen molar-refractivity contribution in [2.75, 3.05) is 0 Å². The molecule has 0 N–H and O–H groups in total. The van der Waals surface area contributed by atoms with Crippen LogP contribution in [-0.4, -0.2) is 28.3 Å². The fourth-order valence-corrected chi connectivity index (χ4v) is 8.34. The first-order chi connectivity index (χ1) is 16.5. The fourth-order valence-electron chi connectivity index (χ4n) is 4.25. The second-order valence-electron chi connectivity index (χ2n) is 8.54. The molecule has 0 saturated carbocycles. The van der Waals surface area contributed by atoms with Gasteiger partial charge < -0.3 is 0 Å².